The number of hydrogen-bond donors (Lipinski definition) is 2. The molecule has 1 heterocycles. The number of carbonyl (C=O) groups is 1. The summed E-state index contributed by atoms with van der Waals surface area (Å²) in [6.07, 6.45) is 1.15. The minimum absolute atomic E-state index is 0.0934. The first kappa shape index (κ1) is 14.6. The van der Waals surface area contributed by atoms with Crippen LogP contribution in [0.1, 0.15) is 33.6 Å². The van der Waals surface area contributed by atoms with Gasteiger partial charge < -0.3 is 15.4 Å². The molecule has 6 heteroatoms. The summed E-state index contributed by atoms with van der Waals surface area (Å²) in [5, 5.41) is 5.93. The summed E-state index contributed by atoms with van der Waals surface area (Å²) in [4.78, 5) is 15.3. The van der Waals surface area contributed by atoms with Crippen molar-refractivity contribution in [2.75, 3.05) is 5.32 Å². The van der Waals surface area contributed by atoms with Gasteiger partial charge in [0.15, 0.2) is 0 Å². The fourth-order valence-electron chi connectivity index (χ4n) is 2.03. The molecule has 1 aromatic rings. The zero-order chi connectivity index (χ0) is 14.8. The standard InChI is InChI=1S/C14H20FN3O2/c1-14(2,3)20-13(19)17-10-7-9(8-10)16-12-6-4-5-11(15)18-12/h4-6,9-10H,7-8H2,1-3H3,(H,16,18)(H,17,19). The van der Waals surface area contributed by atoms with Gasteiger partial charge in [-0.3, -0.25) is 0 Å². The topological polar surface area (TPSA) is 63.2 Å². The molecule has 20 heavy (non-hydrogen) atoms. The van der Waals surface area contributed by atoms with Crippen LogP contribution < -0.4 is 10.6 Å². The van der Waals surface area contributed by atoms with Crippen molar-refractivity contribution in [2.45, 2.75) is 51.3 Å². The zero-order valence-electron chi connectivity index (χ0n) is 11.9. The molecular weight excluding hydrogens is 261 g/mol. The summed E-state index contributed by atoms with van der Waals surface area (Å²) in [5.74, 6) is 0.0171. The highest BCUT2D eigenvalue weighted by molar-refractivity contribution is 5.68. The summed E-state index contributed by atoms with van der Waals surface area (Å²) in [7, 11) is 0. The van der Waals surface area contributed by atoms with E-state index in [0.29, 0.717) is 5.82 Å². The van der Waals surface area contributed by atoms with Crippen LogP contribution in [0.3, 0.4) is 0 Å². The zero-order valence-corrected chi connectivity index (χ0v) is 11.9. The summed E-state index contributed by atoms with van der Waals surface area (Å²) in [6, 6.07) is 4.93. The molecule has 1 fully saturated rings. The van der Waals surface area contributed by atoms with E-state index in [2.05, 4.69) is 15.6 Å². The summed E-state index contributed by atoms with van der Waals surface area (Å²) in [5.41, 5.74) is -0.489. The van der Waals surface area contributed by atoms with Crippen molar-refractivity contribution < 1.29 is 13.9 Å². The minimum atomic E-state index is -0.502. The van der Waals surface area contributed by atoms with Crippen LogP contribution in [0.4, 0.5) is 15.0 Å². The average molecular weight is 281 g/mol. The monoisotopic (exact) mass is 281 g/mol. The van der Waals surface area contributed by atoms with Crippen LogP contribution in [0.2, 0.25) is 0 Å². The number of hydrogen-bond acceptors (Lipinski definition) is 4. The SMILES string of the molecule is CC(C)(C)OC(=O)NC1CC(Nc2cccc(F)n2)C1. The number of rotatable bonds is 3. The molecule has 2 rings (SSSR count). The first-order valence-electron chi connectivity index (χ1n) is 6.70. The Hall–Kier alpha value is -1.85. The minimum Gasteiger partial charge on any atom is -0.444 e. The van der Waals surface area contributed by atoms with Gasteiger partial charge in [0, 0.05) is 12.1 Å². The highest BCUT2D eigenvalue weighted by Crippen LogP contribution is 2.24. The molecule has 0 saturated heterocycles. The third-order valence-electron chi connectivity index (χ3n) is 2.93. The Balaban J connectivity index is 1.71. The maximum atomic E-state index is 12.9. The first-order chi connectivity index (χ1) is 9.32. The van der Waals surface area contributed by atoms with Crippen LogP contribution in [0.25, 0.3) is 0 Å². The maximum absolute atomic E-state index is 12.9. The lowest BCUT2D eigenvalue weighted by Gasteiger charge is -2.36. The maximum Gasteiger partial charge on any atom is 0.407 e. The predicted octanol–water partition coefficient (Wildman–Crippen LogP) is 2.69. The molecule has 0 aliphatic heterocycles. The second kappa shape index (κ2) is 5.64. The Labute approximate surface area is 117 Å². The smallest absolute Gasteiger partial charge is 0.407 e. The van der Waals surface area contributed by atoms with Gasteiger partial charge in [-0.15, -0.1) is 0 Å². The molecule has 1 saturated carbocycles. The van der Waals surface area contributed by atoms with Gasteiger partial charge >= 0.3 is 6.09 Å². The Bertz CT molecular complexity index is 482. The Morgan fingerprint density at radius 2 is 2.05 bits per heavy atom. The molecule has 5 nitrogen and oxygen atoms in total. The Morgan fingerprint density at radius 1 is 1.35 bits per heavy atom. The largest absolute Gasteiger partial charge is 0.444 e. The van der Waals surface area contributed by atoms with E-state index in [1.807, 2.05) is 20.8 Å². The molecule has 0 spiro atoms. The van der Waals surface area contributed by atoms with E-state index in [-0.39, 0.29) is 12.1 Å². The first-order valence-corrected chi connectivity index (χ1v) is 6.70. The van der Waals surface area contributed by atoms with Gasteiger partial charge in [0.2, 0.25) is 5.95 Å². The van der Waals surface area contributed by atoms with Crippen LogP contribution in [0.5, 0.6) is 0 Å². The van der Waals surface area contributed by atoms with E-state index >= 15 is 0 Å². The van der Waals surface area contributed by atoms with E-state index in [0.717, 1.165) is 12.8 Å². The summed E-state index contributed by atoms with van der Waals surface area (Å²) >= 11 is 0. The lowest BCUT2D eigenvalue weighted by atomic mass is 9.87. The third-order valence-corrected chi connectivity index (χ3v) is 2.93. The molecule has 1 aliphatic carbocycles. The third kappa shape index (κ3) is 4.36. The van der Waals surface area contributed by atoms with Crippen LogP contribution in [-0.4, -0.2) is 28.8 Å². The van der Waals surface area contributed by atoms with E-state index in [4.69, 9.17) is 4.74 Å². The van der Waals surface area contributed by atoms with Gasteiger partial charge in [0.25, 0.3) is 0 Å². The molecule has 0 bridgehead atoms. The number of anilines is 1. The van der Waals surface area contributed by atoms with Crippen LogP contribution in [0, 0.1) is 5.95 Å². The van der Waals surface area contributed by atoms with Gasteiger partial charge in [0.1, 0.15) is 11.4 Å². The van der Waals surface area contributed by atoms with Crippen LogP contribution >= 0.6 is 0 Å². The van der Waals surface area contributed by atoms with Crippen molar-refractivity contribution in [3.8, 4) is 0 Å². The van der Waals surface area contributed by atoms with Gasteiger partial charge in [0.05, 0.1) is 0 Å². The number of alkyl carbamates (subject to hydrolysis) is 1. The van der Waals surface area contributed by atoms with Crippen molar-refractivity contribution >= 4 is 11.9 Å². The number of pyridine rings is 1. The van der Waals surface area contributed by atoms with E-state index in [9.17, 15) is 9.18 Å². The summed E-state index contributed by atoms with van der Waals surface area (Å²) < 4.78 is 18.1. The number of carbonyl (C=O) groups excluding carboxylic acids is 1. The second-order valence-electron chi connectivity index (χ2n) is 6.00. The molecule has 0 aromatic carbocycles. The highest BCUT2D eigenvalue weighted by atomic mass is 19.1. The van der Waals surface area contributed by atoms with Crippen molar-refractivity contribution in [2.24, 2.45) is 0 Å². The number of nitrogens with zero attached hydrogens (tertiary/aromatic N) is 1. The number of amides is 1. The van der Waals surface area contributed by atoms with E-state index in [1.54, 1.807) is 12.1 Å². The van der Waals surface area contributed by atoms with Gasteiger partial charge in [-0.1, -0.05) is 6.07 Å². The van der Waals surface area contributed by atoms with Crippen LogP contribution in [0.15, 0.2) is 18.2 Å². The molecule has 110 valence electrons. The molecule has 2 N–H and O–H groups in total. The Kier molecular flexibility index (Phi) is 4.11. The number of ether oxygens (including phenoxy) is 1. The molecule has 0 atom stereocenters. The average Bonchev–Trinajstić information content (AvgIpc) is 2.23. The van der Waals surface area contributed by atoms with Gasteiger partial charge in [-0.25, -0.2) is 9.78 Å². The normalized spacial score (nSPS) is 21.8. The fourth-order valence-corrected chi connectivity index (χ4v) is 2.03. The molecule has 0 unspecified atom stereocenters. The molecule has 1 aromatic heterocycles. The quantitative estimate of drug-likeness (QED) is 0.836. The molecule has 1 aliphatic rings. The molecular formula is C14H20FN3O2. The summed E-state index contributed by atoms with van der Waals surface area (Å²) in [6.45, 7) is 5.48. The van der Waals surface area contributed by atoms with E-state index < -0.39 is 17.6 Å². The number of halogens is 1. The lowest BCUT2D eigenvalue weighted by molar-refractivity contribution is 0.0475. The Morgan fingerprint density at radius 3 is 2.65 bits per heavy atom. The predicted molar refractivity (Wildman–Crippen MR) is 74.0 cm³/mol. The van der Waals surface area contributed by atoms with Gasteiger partial charge in [-0.05, 0) is 45.7 Å². The van der Waals surface area contributed by atoms with Crippen LogP contribution in [-0.2, 0) is 4.74 Å². The molecule has 1 amide bonds. The van der Waals surface area contributed by atoms with Crippen molar-refractivity contribution in [3.63, 3.8) is 0 Å². The van der Waals surface area contributed by atoms with E-state index in [1.165, 1.54) is 6.07 Å². The van der Waals surface area contributed by atoms with Crippen molar-refractivity contribution in [3.05, 3.63) is 24.1 Å². The van der Waals surface area contributed by atoms with Crippen molar-refractivity contribution in [1.82, 2.24) is 10.3 Å². The number of aromatic nitrogens is 1. The number of nitrogens with one attached hydrogen (secondary N) is 2. The fraction of sp³-hybridized carbons (Fsp3) is 0.571. The molecule has 0 radical (unpaired) electrons. The van der Waals surface area contributed by atoms with Crippen molar-refractivity contribution in [1.29, 1.82) is 0 Å². The van der Waals surface area contributed by atoms with Gasteiger partial charge in [-0.2, -0.15) is 4.39 Å². The second-order valence-corrected chi connectivity index (χ2v) is 6.00. The highest BCUT2D eigenvalue weighted by Gasteiger charge is 2.31. The lowest BCUT2D eigenvalue weighted by Crippen LogP contribution is -2.50.